The molecule has 2 atom stereocenters. The fourth-order valence-corrected chi connectivity index (χ4v) is 2.40. The van der Waals surface area contributed by atoms with E-state index in [0.717, 1.165) is 0 Å². The quantitative estimate of drug-likeness (QED) is 0.786. The van der Waals surface area contributed by atoms with Crippen molar-refractivity contribution in [2.24, 2.45) is 0 Å². The summed E-state index contributed by atoms with van der Waals surface area (Å²) in [7, 11) is 4.51. The highest BCUT2D eigenvalue weighted by molar-refractivity contribution is 6.20. The van der Waals surface area contributed by atoms with E-state index in [-0.39, 0.29) is 17.3 Å². The SMILES string of the molecule is COc1ccc(C(=O)NC(C)CC(C)Cl)c(OC)c1OC. The van der Waals surface area contributed by atoms with Gasteiger partial charge in [-0.3, -0.25) is 4.79 Å². The van der Waals surface area contributed by atoms with Crippen LogP contribution in [0.1, 0.15) is 30.6 Å². The molecule has 0 aliphatic heterocycles. The van der Waals surface area contributed by atoms with Gasteiger partial charge in [0.1, 0.15) is 0 Å². The van der Waals surface area contributed by atoms with Crippen molar-refractivity contribution in [1.82, 2.24) is 5.32 Å². The maximum absolute atomic E-state index is 12.4. The maximum atomic E-state index is 12.4. The Morgan fingerprint density at radius 1 is 1.14 bits per heavy atom. The van der Waals surface area contributed by atoms with E-state index in [0.29, 0.717) is 29.2 Å². The smallest absolute Gasteiger partial charge is 0.255 e. The van der Waals surface area contributed by atoms with Crippen molar-refractivity contribution in [1.29, 1.82) is 0 Å². The number of methoxy groups -OCH3 is 3. The van der Waals surface area contributed by atoms with Gasteiger partial charge in [0.2, 0.25) is 5.75 Å². The predicted octanol–water partition coefficient (Wildman–Crippen LogP) is 2.85. The molecule has 118 valence electrons. The molecular formula is C15H22ClNO4. The molecule has 0 radical (unpaired) electrons. The standard InChI is InChI=1S/C15H22ClNO4/c1-9(16)8-10(2)17-15(18)11-6-7-12(19-3)14(21-5)13(11)20-4/h6-7,9-10H,8H2,1-5H3,(H,17,18). The molecule has 2 unspecified atom stereocenters. The number of hydrogen-bond acceptors (Lipinski definition) is 4. The highest BCUT2D eigenvalue weighted by atomic mass is 35.5. The lowest BCUT2D eigenvalue weighted by Gasteiger charge is -2.18. The molecule has 0 fully saturated rings. The van der Waals surface area contributed by atoms with Crippen LogP contribution in [0.25, 0.3) is 0 Å². The average Bonchev–Trinajstić information content (AvgIpc) is 2.44. The van der Waals surface area contributed by atoms with Crippen LogP contribution in [0.15, 0.2) is 12.1 Å². The summed E-state index contributed by atoms with van der Waals surface area (Å²) < 4.78 is 15.8. The summed E-state index contributed by atoms with van der Waals surface area (Å²) in [6.45, 7) is 3.80. The van der Waals surface area contributed by atoms with Gasteiger partial charge < -0.3 is 19.5 Å². The van der Waals surface area contributed by atoms with Crippen molar-refractivity contribution in [2.45, 2.75) is 31.7 Å². The summed E-state index contributed by atoms with van der Waals surface area (Å²) in [6.07, 6.45) is 0.683. The molecule has 0 saturated carbocycles. The lowest BCUT2D eigenvalue weighted by atomic mass is 10.1. The van der Waals surface area contributed by atoms with E-state index >= 15 is 0 Å². The Bertz CT molecular complexity index is 491. The Balaban J connectivity index is 3.04. The lowest BCUT2D eigenvalue weighted by molar-refractivity contribution is 0.0934. The fourth-order valence-electron chi connectivity index (χ4n) is 2.13. The minimum atomic E-state index is -0.238. The zero-order valence-electron chi connectivity index (χ0n) is 13.0. The largest absolute Gasteiger partial charge is 0.493 e. The molecule has 21 heavy (non-hydrogen) atoms. The molecule has 0 aliphatic carbocycles. The number of benzene rings is 1. The van der Waals surface area contributed by atoms with Gasteiger partial charge in [-0.25, -0.2) is 0 Å². The summed E-state index contributed by atoms with van der Waals surface area (Å²) in [5.41, 5.74) is 0.393. The molecule has 1 rings (SSSR count). The maximum Gasteiger partial charge on any atom is 0.255 e. The molecule has 0 aliphatic rings. The number of carbonyl (C=O) groups excluding carboxylic acids is 1. The first-order chi connectivity index (χ1) is 9.94. The van der Waals surface area contributed by atoms with Gasteiger partial charge in [0.05, 0.1) is 26.9 Å². The van der Waals surface area contributed by atoms with Crippen molar-refractivity contribution in [3.8, 4) is 17.2 Å². The van der Waals surface area contributed by atoms with E-state index in [9.17, 15) is 4.79 Å². The number of carbonyl (C=O) groups is 1. The van der Waals surface area contributed by atoms with Crippen molar-refractivity contribution < 1.29 is 19.0 Å². The van der Waals surface area contributed by atoms with Crippen LogP contribution in [0, 0.1) is 0 Å². The second kappa shape index (κ2) is 7.98. The molecule has 0 saturated heterocycles. The van der Waals surface area contributed by atoms with Crippen LogP contribution in [0.5, 0.6) is 17.2 Å². The monoisotopic (exact) mass is 315 g/mol. The molecule has 0 bridgehead atoms. The van der Waals surface area contributed by atoms with Crippen molar-refractivity contribution in [3.05, 3.63) is 17.7 Å². The Morgan fingerprint density at radius 3 is 2.24 bits per heavy atom. The van der Waals surface area contributed by atoms with E-state index in [4.69, 9.17) is 25.8 Å². The van der Waals surface area contributed by atoms with Gasteiger partial charge >= 0.3 is 0 Å². The van der Waals surface area contributed by atoms with E-state index in [1.807, 2.05) is 13.8 Å². The Hall–Kier alpha value is -1.62. The molecule has 1 N–H and O–H groups in total. The normalized spacial score (nSPS) is 13.2. The molecule has 6 heteroatoms. The van der Waals surface area contributed by atoms with Crippen molar-refractivity contribution in [2.75, 3.05) is 21.3 Å². The summed E-state index contributed by atoms with van der Waals surface area (Å²) in [5.74, 6) is 1.01. The highest BCUT2D eigenvalue weighted by Crippen LogP contribution is 2.39. The van der Waals surface area contributed by atoms with Crippen LogP contribution >= 0.6 is 11.6 Å². The Morgan fingerprint density at radius 2 is 1.76 bits per heavy atom. The molecule has 0 heterocycles. The predicted molar refractivity (Wildman–Crippen MR) is 83.0 cm³/mol. The molecule has 5 nitrogen and oxygen atoms in total. The van der Waals surface area contributed by atoms with Crippen LogP contribution in [0.4, 0.5) is 0 Å². The summed E-state index contributed by atoms with van der Waals surface area (Å²) in [6, 6.07) is 3.28. The van der Waals surface area contributed by atoms with Crippen LogP contribution in [-0.2, 0) is 0 Å². The minimum Gasteiger partial charge on any atom is -0.493 e. The number of rotatable bonds is 7. The number of hydrogen-bond donors (Lipinski definition) is 1. The number of nitrogens with one attached hydrogen (secondary N) is 1. The fraction of sp³-hybridized carbons (Fsp3) is 0.533. The van der Waals surface area contributed by atoms with Gasteiger partial charge in [0.25, 0.3) is 5.91 Å². The minimum absolute atomic E-state index is 0.00685. The average molecular weight is 316 g/mol. The molecule has 0 spiro atoms. The molecule has 0 aromatic heterocycles. The van der Waals surface area contributed by atoms with Crippen molar-refractivity contribution >= 4 is 17.5 Å². The summed E-state index contributed by atoms with van der Waals surface area (Å²) in [4.78, 5) is 12.4. The van der Waals surface area contributed by atoms with Gasteiger partial charge in [-0.05, 0) is 32.4 Å². The first-order valence-electron chi connectivity index (χ1n) is 6.68. The number of alkyl halides is 1. The zero-order chi connectivity index (χ0) is 16.0. The first kappa shape index (κ1) is 17.4. The third kappa shape index (κ3) is 4.43. The van der Waals surface area contributed by atoms with Gasteiger partial charge in [0, 0.05) is 11.4 Å². The van der Waals surface area contributed by atoms with Crippen LogP contribution in [-0.4, -0.2) is 38.7 Å². The molecule has 1 amide bonds. The second-order valence-corrected chi connectivity index (χ2v) is 5.52. The zero-order valence-corrected chi connectivity index (χ0v) is 13.8. The third-order valence-corrected chi connectivity index (χ3v) is 3.18. The van der Waals surface area contributed by atoms with Gasteiger partial charge in [-0.15, -0.1) is 11.6 Å². The molecule has 1 aromatic carbocycles. The van der Waals surface area contributed by atoms with E-state index in [1.54, 1.807) is 12.1 Å². The van der Waals surface area contributed by atoms with Crippen LogP contribution < -0.4 is 19.5 Å². The molecular weight excluding hydrogens is 294 g/mol. The number of halogens is 1. The number of amides is 1. The lowest BCUT2D eigenvalue weighted by Crippen LogP contribution is -2.34. The Labute approximate surface area is 130 Å². The van der Waals surface area contributed by atoms with Gasteiger partial charge in [-0.1, -0.05) is 0 Å². The Kier molecular flexibility index (Phi) is 6.62. The van der Waals surface area contributed by atoms with Crippen molar-refractivity contribution in [3.63, 3.8) is 0 Å². The van der Waals surface area contributed by atoms with Crippen LogP contribution in [0.3, 0.4) is 0 Å². The molecule has 1 aromatic rings. The highest BCUT2D eigenvalue weighted by Gasteiger charge is 2.21. The summed E-state index contributed by atoms with van der Waals surface area (Å²) >= 11 is 5.94. The summed E-state index contributed by atoms with van der Waals surface area (Å²) in [5, 5.41) is 2.88. The van der Waals surface area contributed by atoms with E-state index < -0.39 is 0 Å². The second-order valence-electron chi connectivity index (χ2n) is 4.77. The van der Waals surface area contributed by atoms with E-state index in [1.165, 1.54) is 21.3 Å². The third-order valence-electron chi connectivity index (χ3n) is 3.00. The van der Waals surface area contributed by atoms with Gasteiger partial charge in [-0.2, -0.15) is 0 Å². The van der Waals surface area contributed by atoms with Crippen LogP contribution in [0.2, 0.25) is 0 Å². The first-order valence-corrected chi connectivity index (χ1v) is 7.12. The van der Waals surface area contributed by atoms with Gasteiger partial charge in [0.15, 0.2) is 11.5 Å². The van der Waals surface area contributed by atoms with E-state index in [2.05, 4.69) is 5.32 Å². The number of ether oxygens (including phenoxy) is 3. The topological polar surface area (TPSA) is 56.8 Å².